The van der Waals surface area contributed by atoms with E-state index < -0.39 is 0 Å². The first-order valence-corrected chi connectivity index (χ1v) is 8.99. The summed E-state index contributed by atoms with van der Waals surface area (Å²) in [5, 5.41) is 20.2. The van der Waals surface area contributed by atoms with Gasteiger partial charge in [-0.25, -0.2) is 4.98 Å². The van der Waals surface area contributed by atoms with Crippen molar-refractivity contribution in [3.8, 4) is 6.07 Å². The molecule has 1 amide bonds. The standard InChI is InChI=1S/C19H18BrN5O/c1-9-10(2)17(25-18(20)14(9)8-21)19(26)24-12-5-6-15(22)13(7-12)16(23)11-3-4-11/h5-7,11,23H,3-4,22H2,1-2H3,(H,24,26). The molecule has 1 aromatic carbocycles. The quantitative estimate of drug-likeness (QED) is 0.401. The number of anilines is 2. The second kappa shape index (κ2) is 6.89. The van der Waals surface area contributed by atoms with E-state index in [-0.39, 0.29) is 17.5 Å². The second-order valence-corrected chi connectivity index (χ2v) is 7.18. The molecular formula is C19H18BrN5O. The van der Waals surface area contributed by atoms with E-state index in [0.29, 0.717) is 43.9 Å². The highest BCUT2D eigenvalue weighted by Crippen LogP contribution is 2.35. The van der Waals surface area contributed by atoms with E-state index in [4.69, 9.17) is 11.1 Å². The maximum atomic E-state index is 12.7. The zero-order chi connectivity index (χ0) is 19.0. The summed E-state index contributed by atoms with van der Waals surface area (Å²) in [7, 11) is 0. The van der Waals surface area contributed by atoms with Crippen LogP contribution < -0.4 is 11.1 Å². The normalized spacial score (nSPS) is 13.2. The number of nitriles is 1. The van der Waals surface area contributed by atoms with Crippen molar-refractivity contribution in [2.45, 2.75) is 26.7 Å². The molecule has 2 aromatic rings. The molecule has 4 N–H and O–H groups in total. The van der Waals surface area contributed by atoms with E-state index in [1.54, 1.807) is 32.0 Å². The minimum absolute atomic E-state index is 0.254. The molecule has 1 fully saturated rings. The average Bonchev–Trinajstić information content (AvgIpc) is 3.44. The number of nitrogens with two attached hydrogens (primary N) is 1. The van der Waals surface area contributed by atoms with Gasteiger partial charge in [0.15, 0.2) is 0 Å². The van der Waals surface area contributed by atoms with Crippen molar-refractivity contribution in [1.29, 1.82) is 10.7 Å². The van der Waals surface area contributed by atoms with Gasteiger partial charge >= 0.3 is 0 Å². The highest BCUT2D eigenvalue weighted by Gasteiger charge is 2.28. The van der Waals surface area contributed by atoms with Gasteiger partial charge in [-0.05, 0) is 71.9 Å². The summed E-state index contributed by atoms with van der Waals surface area (Å²) in [6.45, 7) is 3.55. The fourth-order valence-corrected chi connectivity index (χ4v) is 3.32. The van der Waals surface area contributed by atoms with E-state index in [1.165, 1.54) is 0 Å². The molecule has 3 rings (SSSR count). The Bertz CT molecular complexity index is 973. The lowest BCUT2D eigenvalue weighted by atomic mass is 10.0. The SMILES string of the molecule is Cc1c(C(=O)Nc2ccc(N)c(C(=N)C3CC3)c2)nc(Br)c(C#N)c1C. The molecule has 0 radical (unpaired) electrons. The summed E-state index contributed by atoms with van der Waals surface area (Å²) in [4.78, 5) is 16.9. The summed E-state index contributed by atoms with van der Waals surface area (Å²) in [5.74, 6) is -0.103. The van der Waals surface area contributed by atoms with Gasteiger partial charge in [-0.3, -0.25) is 4.79 Å². The molecule has 1 aliphatic rings. The van der Waals surface area contributed by atoms with Gasteiger partial charge in [-0.15, -0.1) is 0 Å². The van der Waals surface area contributed by atoms with E-state index >= 15 is 0 Å². The van der Waals surface area contributed by atoms with Crippen LogP contribution in [0.25, 0.3) is 0 Å². The van der Waals surface area contributed by atoms with Crippen LogP contribution in [0.3, 0.4) is 0 Å². The highest BCUT2D eigenvalue weighted by atomic mass is 79.9. The van der Waals surface area contributed by atoms with Crippen molar-refractivity contribution < 1.29 is 4.79 Å². The second-order valence-electron chi connectivity index (χ2n) is 6.43. The molecule has 132 valence electrons. The van der Waals surface area contributed by atoms with Crippen LogP contribution in [0.5, 0.6) is 0 Å². The number of aromatic nitrogens is 1. The molecule has 0 spiro atoms. The van der Waals surface area contributed by atoms with Crippen LogP contribution >= 0.6 is 15.9 Å². The number of halogens is 1. The lowest BCUT2D eigenvalue weighted by Gasteiger charge is -2.13. The maximum absolute atomic E-state index is 12.7. The topological polar surface area (TPSA) is 116 Å². The molecule has 0 unspecified atom stereocenters. The largest absolute Gasteiger partial charge is 0.398 e. The third-order valence-electron chi connectivity index (χ3n) is 4.62. The number of carbonyl (C=O) groups excluding carboxylic acids is 1. The lowest BCUT2D eigenvalue weighted by molar-refractivity contribution is 0.102. The van der Waals surface area contributed by atoms with Gasteiger partial charge in [0.25, 0.3) is 5.91 Å². The number of nitrogen functional groups attached to an aromatic ring is 1. The third kappa shape index (κ3) is 3.33. The molecule has 1 aromatic heterocycles. The van der Waals surface area contributed by atoms with Crippen LogP contribution in [-0.2, 0) is 0 Å². The molecule has 0 bridgehead atoms. The zero-order valence-corrected chi connectivity index (χ0v) is 16.1. The molecule has 0 saturated heterocycles. The molecule has 6 nitrogen and oxygen atoms in total. The molecule has 26 heavy (non-hydrogen) atoms. The number of rotatable bonds is 4. The molecule has 7 heteroatoms. The number of benzene rings is 1. The van der Waals surface area contributed by atoms with Crippen molar-refractivity contribution >= 4 is 38.9 Å². The lowest BCUT2D eigenvalue weighted by Crippen LogP contribution is -2.17. The van der Waals surface area contributed by atoms with E-state index in [2.05, 4.69) is 32.3 Å². The van der Waals surface area contributed by atoms with Crippen molar-refractivity contribution in [3.63, 3.8) is 0 Å². The van der Waals surface area contributed by atoms with Crippen molar-refractivity contribution in [3.05, 3.63) is 50.8 Å². The molecular weight excluding hydrogens is 394 g/mol. The Balaban J connectivity index is 1.90. The van der Waals surface area contributed by atoms with Gasteiger partial charge in [-0.1, -0.05) is 0 Å². The van der Waals surface area contributed by atoms with Crippen LogP contribution in [0.15, 0.2) is 22.8 Å². The predicted octanol–water partition coefficient (Wildman–Crippen LogP) is 3.94. The summed E-state index contributed by atoms with van der Waals surface area (Å²) in [6.07, 6.45) is 2.02. The number of nitrogens with one attached hydrogen (secondary N) is 2. The van der Waals surface area contributed by atoms with E-state index in [9.17, 15) is 10.1 Å². The number of hydrogen-bond acceptors (Lipinski definition) is 5. The van der Waals surface area contributed by atoms with Crippen molar-refractivity contribution in [2.75, 3.05) is 11.1 Å². The Morgan fingerprint density at radius 3 is 2.69 bits per heavy atom. The summed E-state index contributed by atoms with van der Waals surface area (Å²) in [6, 6.07) is 7.22. The fraction of sp³-hybridized carbons (Fsp3) is 0.263. The predicted molar refractivity (Wildman–Crippen MR) is 104 cm³/mol. The average molecular weight is 412 g/mol. The summed E-state index contributed by atoms with van der Waals surface area (Å²) < 4.78 is 0.349. The molecule has 0 aliphatic heterocycles. The molecule has 1 heterocycles. The van der Waals surface area contributed by atoms with Crippen LogP contribution in [0.4, 0.5) is 11.4 Å². The summed E-state index contributed by atoms with van der Waals surface area (Å²) >= 11 is 3.25. The first kappa shape index (κ1) is 18.1. The van der Waals surface area contributed by atoms with Gasteiger partial charge in [0.2, 0.25) is 0 Å². The first-order valence-electron chi connectivity index (χ1n) is 8.20. The number of carbonyl (C=O) groups is 1. The smallest absolute Gasteiger partial charge is 0.274 e. The number of amides is 1. The van der Waals surface area contributed by atoms with Crippen molar-refractivity contribution in [1.82, 2.24) is 4.98 Å². The van der Waals surface area contributed by atoms with Crippen molar-refractivity contribution in [2.24, 2.45) is 5.92 Å². The minimum atomic E-state index is -0.371. The monoisotopic (exact) mass is 411 g/mol. The Kier molecular flexibility index (Phi) is 4.79. The highest BCUT2D eigenvalue weighted by molar-refractivity contribution is 9.10. The molecule has 0 atom stereocenters. The zero-order valence-electron chi connectivity index (χ0n) is 14.5. The Morgan fingerprint density at radius 2 is 2.08 bits per heavy atom. The Labute approximate surface area is 160 Å². The number of nitrogens with zero attached hydrogens (tertiary/aromatic N) is 2. The number of pyridine rings is 1. The summed E-state index contributed by atoms with van der Waals surface area (Å²) in [5.41, 5.74) is 10.3. The van der Waals surface area contributed by atoms with Crippen LogP contribution in [0, 0.1) is 36.5 Å². The number of hydrogen-bond donors (Lipinski definition) is 3. The van der Waals surface area contributed by atoms with E-state index in [0.717, 1.165) is 12.8 Å². The van der Waals surface area contributed by atoms with Crippen LogP contribution in [0.1, 0.15) is 45.6 Å². The minimum Gasteiger partial charge on any atom is -0.398 e. The van der Waals surface area contributed by atoms with Gasteiger partial charge in [-0.2, -0.15) is 5.26 Å². The Hall–Kier alpha value is -2.72. The van der Waals surface area contributed by atoms with Gasteiger partial charge in [0, 0.05) is 28.6 Å². The molecule has 1 aliphatic carbocycles. The Morgan fingerprint density at radius 1 is 1.38 bits per heavy atom. The molecule has 1 saturated carbocycles. The first-order chi connectivity index (χ1) is 12.3. The third-order valence-corrected chi connectivity index (χ3v) is 5.20. The van der Waals surface area contributed by atoms with Gasteiger partial charge in [0.05, 0.1) is 5.56 Å². The van der Waals surface area contributed by atoms with Crippen LogP contribution in [-0.4, -0.2) is 16.6 Å². The van der Waals surface area contributed by atoms with E-state index in [1.807, 2.05) is 0 Å². The fourth-order valence-electron chi connectivity index (χ4n) is 2.76. The maximum Gasteiger partial charge on any atom is 0.274 e. The van der Waals surface area contributed by atoms with Crippen LogP contribution in [0.2, 0.25) is 0 Å². The van der Waals surface area contributed by atoms with Gasteiger partial charge < -0.3 is 16.5 Å². The van der Waals surface area contributed by atoms with Gasteiger partial charge in [0.1, 0.15) is 16.4 Å².